The first-order chi connectivity index (χ1) is 8.79. The molecule has 0 aliphatic carbocycles. The van der Waals surface area contributed by atoms with Gasteiger partial charge in [-0.25, -0.2) is 9.78 Å². The van der Waals surface area contributed by atoms with Crippen LogP contribution in [0.3, 0.4) is 0 Å². The topological polar surface area (TPSA) is 39.2 Å². The maximum Gasteiger partial charge on any atom is 0.337 e. The van der Waals surface area contributed by atoms with Crippen LogP contribution in [0.25, 0.3) is 0 Å². The summed E-state index contributed by atoms with van der Waals surface area (Å²) in [6.45, 7) is 0. The summed E-state index contributed by atoms with van der Waals surface area (Å²) >= 11 is 1.60. The number of nitrogens with zero attached hydrogens (tertiary/aromatic N) is 1. The SMILES string of the molecule is COC(=O)c1ccnc(SCc2ccccc2)c1. The second-order valence-corrected chi connectivity index (χ2v) is 4.64. The van der Waals surface area contributed by atoms with Crippen LogP contribution >= 0.6 is 11.8 Å². The molecule has 0 saturated heterocycles. The number of benzene rings is 1. The summed E-state index contributed by atoms with van der Waals surface area (Å²) in [6, 6.07) is 13.5. The van der Waals surface area contributed by atoms with Crippen LogP contribution in [-0.4, -0.2) is 18.1 Å². The molecule has 0 spiro atoms. The summed E-state index contributed by atoms with van der Waals surface area (Å²) in [5.41, 5.74) is 1.76. The van der Waals surface area contributed by atoms with E-state index < -0.39 is 0 Å². The number of pyridine rings is 1. The molecule has 0 amide bonds. The van der Waals surface area contributed by atoms with Crippen LogP contribution in [0.2, 0.25) is 0 Å². The fraction of sp³-hybridized carbons (Fsp3) is 0.143. The third-order valence-corrected chi connectivity index (χ3v) is 3.38. The zero-order chi connectivity index (χ0) is 12.8. The molecule has 3 nitrogen and oxygen atoms in total. The molecule has 2 aromatic rings. The quantitative estimate of drug-likeness (QED) is 0.624. The van der Waals surface area contributed by atoms with Gasteiger partial charge in [-0.2, -0.15) is 0 Å². The van der Waals surface area contributed by atoms with E-state index in [0.717, 1.165) is 10.8 Å². The van der Waals surface area contributed by atoms with Gasteiger partial charge in [0.25, 0.3) is 0 Å². The van der Waals surface area contributed by atoms with Gasteiger partial charge >= 0.3 is 5.97 Å². The van der Waals surface area contributed by atoms with Crippen molar-refractivity contribution in [3.05, 3.63) is 59.8 Å². The zero-order valence-corrected chi connectivity index (χ0v) is 10.8. The smallest absolute Gasteiger partial charge is 0.337 e. The van der Waals surface area contributed by atoms with E-state index in [4.69, 9.17) is 0 Å². The molecule has 2 rings (SSSR count). The molecule has 0 aliphatic rings. The minimum Gasteiger partial charge on any atom is -0.465 e. The lowest BCUT2D eigenvalue weighted by Crippen LogP contribution is -2.01. The molecule has 1 aromatic carbocycles. The van der Waals surface area contributed by atoms with Gasteiger partial charge in [0, 0.05) is 11.9 Å². The first-order valence-corrected chi connectivity index (χ1v) is 6.49. The molecule has 0 bridgehead atoms. The number of ether oxygens (including phenoxy) is 1. The number of aromatic nitrogens is 1. The molecule has 92 valence electrons. The van der Waals surface area contributed by atoms with Crippen LogP contribution in [0.15, 0.2) is 53.7 Å². The van der Waals surface area contributed by atoms with Crippen molar-refractivity contribution in [1.29, 1.82) is 0 Å². The van der Waals surface area contributed by atoms with E-state index in [1.807, 2.05) is 18.2 Å². The van der Waals surface area contributed by atoms with Gasteiger partial charge in [-0.3, -0.25) is 0 Å². The van der Waals surface area contributed by atoms with Crippen LogP contribution in [0.5, 0.6) is 0 Å². The Hall–Kier alpha value is -1.81. The van der Waals surface area contributed by atoms with E-state index in [1.165, 1.54) is 12.7 Å². The molecule has 0 atom stereocenters. The number of rotatable bonds is 4. The Kier molecular flexibility index (Phi) is 4.36. The standard InChI is InChI=1S/C14H13NO2S/c1-17-14(16)12-7-8-15-13(9-12)18-10-11-5-3-2-4-6-11/h2-9H,10H2,1H3. The molecular weight excluding hydrogens is 246 g/mol. The molecule has 0 aliphatic heterocycles. The number of esters is 1. The molecular formula is C14H13NO2S. The van der Waals surface area contributed by atoms with Crippen LogP contribution < -0.4 is 0 Å². The molecule has 0 radical (unpaired) electrons. The lowest BCUT2D eigenvalue weighted by Gasteiger charge is -2.03. The summed E-state index contributed by atoms with van der Waals surface area (Å²) in [5, 5.41) is 0.821. The number of methoxy groups -OCH3 is 1. The van der Waals surface area contributed by atoms with Gasteiger partial charge in [0.05, 0.1) is 17.7 Å². The molecule has 0 saturated carbocycles. The summed E-state index contributed by atoms with van der Waals surface area (Å²) in [6.07, 6.45) is 1.62. The predicted molar refractivity (Wildman–Crippen MR) is 71.6 cm³/mol. The van der Waals surface area contributed by atoms with Crippen LogP contribution in [-0.2, 0) is 10.5 Å². The Balaban J connectivity index is 2.04. The number of hydrogen-bond donors (Lipinski definition) is 0. The van der Waals surface area contributed by atoms with Gasteiger partial charge in [0.15, 0.2) is 0 Å². The molecule has 4 heteroatoms. The van der Waals surface area contributed by atoms with Crippen molar-refractivity contribution in [3.8, 4) is 0 Å². The fourth-order valence-electron chi connectivity index (χ4n) is 1.46. The minimum atomic E-state index is -0.334. The molecule has 0 N–H and O–H groups in total. The van der Waals surface area contributed by atoms with E-state index in [1.54, 1.807) is 30.1 Å². The number of thioether (sulfide) groups is 1. The van der Waals surface area contributed by atoms with E-state index in [2.05, 4.69) is 21.9 Å². The molecule has 0 fully saturated rings. The van der Waals surface area contributed by atoms with Gasteiger partial charge in [0.1, 0.15) is 0 Å². The largest absolute Gasteiger partial charge is 0.465 e. The van der Waals surface area contributed by atoms with Crippen molar-refractivity contribution < 1.29 is 9.53 Å². The highest BCUT2D eigenvalue weighted by atomic mass is 32.2. The van der Waals surface area contributed by atoms with Gasteiger partial charge in [-0.15, -0.1) is 11.8 Å². The van der Waals surface area contributed by atoms with E-state index in [0.29, 0.717) is 5.56 Å². The molecule has 0 unspecified atom stereocenters. The Labute approximate surface area is 110 Å². The monoisotopic (exact) mass is 259 g/mol. The van der Waals surface area contributed by atoms with Crippen molar-refractivity contribution >= 4 is 17.7 Å². The first kappa shape index (κ1) is 12.6. The third kappa shape index (κ3) is 3.34. The molecule has 1 heterocycles. The summed E-state index contributed by atoms with van der Waals surface area (Å²) in [5.74, 6) is 0.498. The van der Waals surface area contributed by atoms with Gasteiger partial charge in [-0.05, 0) is 17.7 Å². The van der Waals surface area contributed by atoms with Gasteiger partial charge < -0.3 is 4.74 Å². The van der Waals surface area contributed by atoms with Crippen molar-refractivity contribution in [3.63, 3.8) is 0 Å². The Morgan fingerprint density at radius 3 is 2.78 bits per heavy atom. The lowest BCUT2D eigenvalue weighted by atomic mass is 10.2. The Bertz CT molecular complexity index is 528. The molecule has 1 aromatic heterocycles. The third-order valence-electron chi connectivity index (χ3n) is 2.39. The van der Waals surface area contributed by atoms with E-state index >= 15 is 0 Å². The molecule has 18 heavy (non-hydrogen) atoms. The Morgan fingerprint density at radius 1 is 1.28 bits per heavy atom. The maximum atomic E-state index is 11.4. The normalized spacial score (nSPS) is 10.1. The average molecular weight is 259 g/mol. The van der Waals surface area contributed by atoms with Gasteiger partial charge in [0.2, 0.25) is 0 Å². The number of carbonyl (C=O) groups excluding carboxylic acids is 1. The van der Waals surface area contributed by atoms with Gasteiger partial charge in [-0.1, -0.05) is 30.3 Å². The highest BCUT2D eigenvalue weighted by molar-refractivity contribution is 7.98. The second-order valence-electron chi connectivity index (χ2n) is 3.65. The highest BCUT2D eigenvalue weighted by Gasteiger charge is 2.06. The zero-order valence-electron chi connectivity index (χ0n) is 10.00. The van der Waals surface area contributed by atoms with Crippen molar-refractivity contribution in [2.45, 2.75) is 10.8 Å². The summed E-state index contributed by atoms with van der Waals surface area (Å²) in [4.78, 5) is 15.6. The van der Waals surface area contributed by atoms with Crippen LogP contribution in [0, 0.1) is 0 Å². The first-order valence-electron chi connectivity index (χ1n) is 5.50. The van der Waals surface area contributed by atoms with Crippen molar-refractivity contribution in [1.82, 2.24) is 4.98 Å². The number of hydrogen-bond acceptors (Lipinski definition) is 4. The fourth-order valence-corrected chi connectivity index (χ4v) is 2.32. The minimum absolute atomic E-state index is 0.334. The van der Waals surface area contributed by atoms with Crippen molar-refractivity contribution in [2.75, 3.05) is 7.11 Å². The lowest BCUT2D eigenvalue weighted by molar-refractivity contribution is 0.0600. The van der Waals surface area contributed by atoms with Crippen LogP contribution in [0.1, 0.15) is 15.9 Å². The van der Waals surface area contributed by atoms with E-state index in [-0.39, 0.29) is 5.97 Å². The second kappa shape index (κ2) is 6.21. The average Bonchev–Trinajstić information content (AvgIpc) is 2.45. The predicted octanol–water partition coefficient (Wildman–Crippen LogP) is 3.16. The van der Waals surface area contributed by atoms with E-state index in [9.17, 15) is 4.79 Å². The van der Waals surface area contributed by atoms with Crippen LogP contribution in [0.4, 0.5) is 0 Å². The summed E-state index contributed by atoms with van der Waals surface area (Å²) < 4.78 is 4.68. The Morgan fingerprint density at radius 2 is 2.06 bits per heavy atom. The number of carbonyl (C=O) groups is 1. The summed E-state index contributed by atoms with van der Waals surface area (Å²) in [7, 11) is 1.37. The highest BCUT2D eigenvalue weighted by Crippen LogP contribution is 2.21. The van der Waals surface area contributed by atoms with Crippen molar-refractivity contribution in [2.24, 2.45) is 0 Å². The maximum absolute atomic E-state index is 11.4.